The summed E-state index contributed by atoms with van der Waals surface area (Å²) in [6.45, 7) is 0. The molecular weight excluding hydrogens is 276 g/mol. The molecule has 1 aromatic carbocycles. The van der Waals surface area contributed by atoms with Crippen LogP contribution in [0, 0.1) is 5.92 Å². The third kappa shape index (κ3) is 2.75. The van der Waals surface area contributed by atoms with Gasteiger partial charge in [0.15, 0.2) is 9.84 Å². The second kappa shape index (κ2) is 5.01. The highest BCUT2D eigenvalue weighted by molar-refractivity contribution is 7.91. The number of sulfone groups is 1. The van der Waals surface area contributed by atoms with E-state index < -0.39 is 15.8 Å². The number of hydrazone groups is 1. The van der Waals surface area contributed by atoms with Crippen molar-refractivity contribution >= 4 is 21.5 Å². The van der Waals surface area contributed by atoms with E-state index in [1.165, 1.54) is 11.1 Å². The molecule has 0 radical (unpaired) electrons. The van der Waals surface area contributed by atoms with Gasteiger partial charge in [-0.15, -0.1) is 0 Å². The number of rotatable bonds is 2. The number of benzene rings is 1. The van der Waals surface area contributed by atoms with Crippen molar-refractivity contribution in [2.24, 2.45) is 11.0 Å². The van der Waals surface area contributed by atoms with E-state index in [-0.39, 0.29) is 17.4 Å². The summed E-state index contributed by atoms with van der Waals surface area (Å²) in [5.74, 6) is -0.681. The van der Waals surface area contributed by atoms with Gasteiger partial charge in [-0.3, -0.25) is 4.79 Å². The van der Waals surface area contributed by atoms with Gasteiger partial charge >= 0.3 is 0 Å². The lowest BCUT2D eigenvalue weighted by atomic mass is 10.1. The van der Waals surface area contributed by atoms with Crippen LogP contribution in [-0.4, -0.2) is 31.5 Å². The van der Waals surface area contributed by atoms with Crippen LogP contribution in [0.3, 0.4) is 0 Å². The van der Waals surface area contributed by atoms with E-state index in [4.69, 9.17) is 0 Å². The highest BCUT2D eigenvalue weighted by Crippen LogP contribution is 2.20. The molecule has 1 N–H and O–H groups in total. The predicted octanol–water partition coefficient (Wildman–Crippen LogP) is 0.692. The van der Waals surface area contributed by atoms with E-state index in [9.17, 15) is 13.2 Å². The lowest BCUT2D eigenvalue weighted by Crippen LogP contribution is -2.28. The van der Waals surface area contributed by atoms with Gasteiger partial charge in [-0.1, -0.05) is 24.3 Å². The van der Waals surface area contributed by atoms with Gasteiger partial charge in [0, 0.05) is 18.6 Å². The molecule has 106 valence electrons. The molecule has 0 saturated carbocycles. The number of hydrogen-bond donors (Lipinski definition) is 1. The van der Waals surface area contributed by atoms with Crippen LogP contribution in [0.2, 0.25) is 0 Å². The van der Waals surface area contributed by atoms with E-state index in [1.807, 2.05) is 12.1 Å². The van der Waals surface area contributed by atoms with Crippen LogP contribution in [0.1, 0.15) is 17.5 Å². The summed E-state index contributed by atoms with van der Waals surface area (Å²) in [6, 6.07) is 8.10. The Bertz CT molecular complexity index is 652. The first-order valence-electron chi connectivity index (χ1n) is 6.66. The molecule has 5 nitrogen and oxygen atoms in total. The number of fused-ring (bicyclic) bond motifs is 1. The summed E-state index contributed by atoms with van der Waals surface area (Å²) < 4.78 is 22.7. The lowest BCUT2D eigenvalue weighted by molar-refractivity contribution is -0.124. The molecule has 20 heavy (non-hydrogen) atoms. The Labute approximate surface area is 118 Å². The van der Waals surface area contributed by atoms with Gasteiger partial charge in [-0.05, 0) is 17.5 Å². The largest absolute Gasteiger partial charge is 0.273 e. The van der Waals surface area contributed by atoms with E-state index >= 15 is 0 Å². The molecule has 1 atom stereocenters. The molecule has 1 saturated heterocycles. The lowest BCUT2D eigenvalue weighted by Gasteiger charge is -2.05. The van der Waals surface area contributed by atoms with Crippen molar-refractivity contribution in [1.29, 1.82) is 0 Å². The SMILES string of the molecule is O=C(NN=C1Cc2ccccc2C1)[C@H]1CCS(=O)(=O)C1. The normalized spacial score (nSPS) is 23.4. The maximum atomic E-state index is 11.9. The first-order chi connectivity index (χ1) is 9.53. The van der Waals surface area contributed by atoms with E-state index in [0.29, 0.717) is 6.42 Å². The summed E-state index contributed by atoms with van der Waals surface area (Å²) >= 11 is 0. The van der Waals surface area contributed by atoms with Gasteiger partial charge in [-0.2, -0.15) is 5.10 Å². The van der Waals surface area contributed by atoms with Gasteiger partial charge in [0.25, 0.3) is 0 Å². The molecule has 6 heteroatoms. The average Bonchev–Trinajstić information content (AvgIpc) is 2.98. The van der Waals surface area contributed by atoms with Crippen LogP contribution in [0.15, 0.2) is 29.4 Å². The number of nitrogens with zero attached hydrogens (tertiary/aromatic N) is 1. The highest BCUT2D eigenvalue weighted by atomic mass is 32.2. The fourth-order valence-corrected chi connectivity index (χ4v) is 4.45. The van der Waals surface area contributed by atoms with Crippen molar-refractivity contribution in [2.45, 2.75) is 19.3 Å². The Morgan fingerprint density at radius 2 is 1.85 bits per heavy atom. The maximum Gasteiger partial charge on any atom is 0.244 e. The molecule has 1 aliphatic carbocycles. The molecule has 3 rings (SSSR count). The molecule has 0 spiro atoms. The van der Waals surface area contributed by atoms with Crippen molar-refractivity contribution < 1.29 is 13.2 Å². The fraction of sp³-hybridized carbons (Fsp3) is 0.429. The standard InChI is InChI=1S/C14H16N2O3S/c17-14(12-5-6-20(18,19)9-12)16-15-13-7-10-3-1-2-4-11(10)8-13/h1-4,12H,5-9H2,(H,16,17)/t12-/m0/s1. The fourth-order valence-electron chi connectivity index (χ4n) is 2.71. The molecule has 1 aromatic rings. The topological polar surface area (TPSA) is 75.6 Å². The van der Waals surface area contributed by atoms with Crippen molar-refractivity contribution in [3.05, 3.63) is 35.4 Å². The van der Waals surface area contributed by atoms with Crippen LogP contribution in [0.4, 0.5) is 0 Å². The van der Waals surface area contributed by atoms with E-state index in [2.05, 4.69) is 22.7 Å². The second-order valence-electron chi connectivity index (χ2n) is 5.38. The number of amides is 1. The molecule has 1 fully saturated rings. The molecule has 0 aromatic heterocycles. The number of hydrogen-bond acceptors (Lipinski definition) is 4. The summed E-state index contributed by atoms with van der Waals surface area (Å²) in [5.41, 5.74) is 5.92. The smallest absolute Gasteiger partial charge is 0.244 e. The van der Waals surface area contributed by atoms with E-state index in [1.54, 1.807) is 0 Å². The molecule has 1 aliphatic heterocycles. The van der Waals surface area contributed by atoms with Crippen molar-refractivity contribution in [2.75, 3.05) is 11.5 Å². The van der Waals surface area contributed by atoms with Crippen LogP contribution < -0.4 is 5.43 Å². The van der Waals surface area contributed by atoms with Crippen molar-refractivity contribution in [3.63, 3.8) is 0 Å². The Kier molecular flexibility index (Phi) is 3.33. The Balaban J connectivity index is 1.61. The predicted molar refractivity (Wildman–Crippen MR) is 76.2 cm³/mol. The monoisotopic (exact) mass is 292 g/mol. The number of nitrogens with one attached hydrogen (secondary N) is 1. The van der Waals surface area contributed by atoms with Crippen LogP contribution >= 0.6 is 0 Å². The van der Waals surface area contributed by atoms with Crippen LogP contribution in [0.5, 0.6) is 0 Å². The summed E-state index contributed by atoms with van der Waals surface area (Å²) in [5, 5.41) is 4.15. The molecular formula is C14H16N2O3S. The zero-order valence-electron chi connectivity index (χ0n) is 11.0. The molecule has 2 aliphatic rings. The van der Waals surface area contributed by atoms with Gasteiger partial charge in [0.1, 0.15) is 0 Å². The van der Waals surface area contributed by atoms with Gasteiger partial charge in [0.05, 0.1) is 17.4 Å². The third-order valence-corrected chi connectivity index (χ3v) is 5.60. The Morgan fingerprint density at radius 1 is 1.20 bits per heavy atom. The average molecular weight is 292 g/mol. The minimum absolute atomic E-state index is 0.0517. The Hall–Kier alpha value is -1.69. The second-order valence-corrected chi connectivity index (χ2v) is 7.61. The number of carbonyl (C=O) groups is 1. The van der Waals surface area contributed by atoms with Crippen LogP contribution in [0.25, 0.3) is 0 Å². The highest BCUT2D eigenvalue weighted by Gasteiger charge is 2.33. The zero-order chi connectivity index (χ0) is 14.2. The molecule has 0 unspecified atom stereocenters. The first-order valence-corrected chi connectivity index (χ1v) is 8.48. The first kappa shape index (κ1) is 13.3. The third-order valence-electron chi connectivity index (χ3n) is 3.83. The van der Waals surface area contributed by atoms with Gasteiger partial charge < -0.3 is 0 Å². The maximum absolute atomic E-state index is 11.9. The molecule has 1 heterocycles. The summed E-state index contributed by atoms with van der Waals surface area (Å²) in [4.78, 5) is 11.9. The molecule has 1 amide bonds. The van der Waals surface area contributed by atoms with Crippen molar-refractivity contribution in [1.82, 2.24) is 5.43 Å². The van der Waals surface area contributed by atoms with Gasteiger partial charge in [-0.25, -0.2) is 13.8 Å². The van der Waals surface area contributed by atoms with Crippen LogP contribution in [-0.2, 0) is 27.5 Å². The summed E-state index contributed by atoms with van der Waals surface area (Å²) in [7, 11) is -3.03. The minimum Gasteiger partial charge on any atom is -0.273 e. The zero-order valence-corrected chi connectivity index (χ0v) is 11.8. The van der Waals surface area contributed by atoms with Gasteiger partial charge in [0.2, 0.25) is 5.91 Å². The Morgan fingerprint density at radius 3 is 2.40 bits per heavy atom. The number of carbonyl (C=O) groups excluding carboxylic acids is 1. The molecule has 0 bridgehead atoms. The van der Waals surface area contributed by atoms with E-state index in [0.717, 1.165) is 18.6 Å². The summed E-state index contributed by atoms with van der Waals surface area (Å²) in [6.07, 6.45) is 1.90. The minimum atomic E-state index is -3.03. The van der Waals surface area contributed by atoms with Crippen molar-refractivity contribution in [3.8, 4) is 0 Å². The quantitative estimate of drug-likeness (QED) is 0.815.